The van der Waals surface area contributed by atoms with E-state index in [-0.39, 0.29) is 11.9 Å². The first-order valence-electron chi connectivity index (χ1n) is 4.99. The van der Waals surface area contributed by atoms with Crippen LogP contribution < -0.4 is 5.32 Å². The van der Waals surface area contributed by atoms with Crippen molar-refractivity contribution in [1.82, 2.24) is 10.2 Å². The van der Waals surface area contributed by atoms with E-state index in [9.17, 15) is 4.79 Å². The summed E-state index contributed by atoms with van der Waals surface area (Å²) >= 11 is 0. The molecule has 0 aromatic heterocycles. The number of hydrogen-bond acceptors (Lipinski definition) is 2. The van der Waals surface area contributed by atoms with Gasteiger partial charge in [0.15, 0.2) is 0 Å². The van der Waals surface area contributed by atoms with Gasteiger partial charge in [-0.15, -0.1) is 0 Å². The second-order valence-electron chi connectivity index (χ2n) is 4.38. The van der Waals surface area contributed by atoms with Gasteiger partial charge in [-0.1, -0.05) is 13.8 Å². The Hall–Kier alpha value is -0.570. The molecule has 0 aliphatic carbocycles. The Morgan fingerprint density at radius 2 is 2.00 bits per heavy atom. The molecule has 0 spiro atoms. The number of nitrogens with one attached hydrogen (secondary N) is 1. The number of nitrogens with zero attached hydrogens (tertiary/aromatic N) is 1. The van der Waals surface area contributed by atoms with Gasteiger partial charge in [-0.25, -0.2) is 0 Å². The topological polar surface area (TPSA) is 32.3 Å². The highest BCUT2D eigenvalue weighted by Gasteiger charge is 2.30. The molecule has 1 rings (SSSR count). The van der Waals surface area contributed by atoms with Crippen molar-refractivity contribution in [3.63, 3.8) is 0 Å². The average molecular weight is 184 g/mol. The molecular weight excluding hydrogens is 164 g/mol. The molecule has 1 heterocycles. The van der Waals surface area contributed by atoms with Crippen molar-refractivity contribution < 1.29 is 4.79 Å². The summed E-state index contributed by atoms with van der Waals surface area (Å²) in [5.74, 6) is 0.836. The molecule has 0 aromatic carbocycles. The molecule has 0 aromatic rings. The molecule has 1 saturated heterocycles. The maximum Gasteiger partial charge on any atom is 0.239 e. The largest absolute Gasteiger partial charge is 0.347 e. The Kier molecular flexibility index (Phi) is 3.31. The predicted molar refractivity (Wildman–Crippen MR) is 53.5 cm³/mol. The summed E-state index contributed by atoms with van der Waals surface area (Å²) in [4.78, 5) is 13.2. The Morgan fingerprint density at radius 3 is 2.38 bits per heavy atom. The van der Waals surface area contributed by atoms with E-state index >= 15 is 0 Å². The number of carbonyl (C=O) groups is 1. The minimum Gasteiger partial charge on any atom is -0.347 e. The van der Waals surface area contributed by atoms with Crippen LogP contribution >= 0.6 is 0 Å². The van der Waals surface area contributed by atoms with Crippen LogP contribution in [0.4, 0.5) is 0 Å². The third kappa shape index (κ3) is 2.44. The Labute approximate surface area is 80.5 Å². The lowest BCUT2D eigenvalue weighted by molar-refractivity contribution is -0.130. The summed E-state index contributed by atoms with van der Waals surface area (Å²) in [6.45, 7) is 4.39. The number of carbonyl (C=O) groups excluding carboxylic acids is 1. The van der Waals surface area contributed by atoms with Gasteiger partial charge in [0.25, 0.3) is 0 Å². The third-order valence-electron chi connectivity index (χ3n) is 2.73. The van der Waals surface area contributed by atoms with Crippen molar-refractivity contribution in [3.8, 4) is 0 Å². The van der Waals surface area contributed by atoms with Crippen LogP contribution in [0.25, 0.3) is 0 Å². The summed E-state index contributed by atoms with van der Waals surface area (Å²) in [6.07, 6.45) is 2.11. The van der Waals surface area contributed by atoms with Crippen molar-refractivity contribution in [2.75, 3.05) is 14.1 Å². The van der Waals surface area contributed by atoms with Gasteiger partial charge in [0, 0.05) is 20.1 Å². The van der Waals surface area contributed by atoms with E-state index in [2.05, 4.69) is 19.2 Å². The van der Waals surface area contributed by atoms with Gasteiger partial charge in [-0.3, -0.25) is 4.79 Å². The standard InChI is InChI=1S/C10H20N2O/c1-7(2)8-5-6-9(11-8)10(13)12(3)4/h7-9,11H,5-6H2,1-4H3. The molecule has 1 amide bonds. The molecule has 1 aliphatic heterocycles. The normalized spacial score (nSPS) is 28.1. The highest BCUT2D eigenvalue weighted by Crippen LogP contribution is 2.19. The minimum absolute atomic E-state index is 0.0578. The second kappa shape index (κ2) is 4.09. The zero-order valence-electron chi connectivity index (χ0n) is 9.00. The van der Waals surface area contributed by atoms with Crippen LogP contribution in [-0.2, 0) is 4.79 Å². The van der Waals surface area contributed by atoms with Gasteiger partial charge in [-0.2, -0.15) is 0 Å². The van der Waals surface area contributed by atoms with E-state index in [1.165, 1.54) is 0 Å². The first kappa shape index (κ1) is 10.5. The second-order valence-corrected chi connectivity index (χ2v) is 4.38. The highest BCUT2D eigenvalue weighted by atomic mass is 16.2. The van der Waals surface area contributed by atoms with Gasteiger partial charge < -0.3 is 10.2 Å². The molecule has 3 nitrogen and oxygen atoms in total. The zero-order valence-corrected chi connectivity index (χ0v) is 9.00. The predicted octanol–water partition coefficient (Wildman–Crippen LogP) is 0.851. The lowest BCUT2D eigenvalue weighted by Crippen LogP contribution is -2.43. The number of hydrogen-bond donors (Lipinski definition) is 1. The zero-order chi connectivity index (χ0) is 10.0. The molecule has 0 radical (unpaired) electrons. The fraction of sp³-hybridized carbons (Fsp3) is 0.900. The summed E-state index contributed by atoms with van der Waals surface area (Å²) in [5.41, 5.74) is 0. The van der Waals surface area contributed by atoms with Gasteiger partial charge in [0.05, 0.1) is 6.04 Å². The molecule has 2 unspecified atom stereocenters. The summed E-state index contributed by atoms with van der Waals surface area (Å²) < 4.78 is 0. The third-order valence-corrected chi connectivity index (χ3v) is 2.73. The Balaban J connectivity index is 2.45. The van der Waals surface area contributed by atoms with E-state index in [1.54, 1.807) is 4.90 Å². The highest BCUT2D eigenvalue weighted by molar-refractivity contribution is 5.81. The van der Waals surface area contributed by atoms with Crippen LogP contribution in [0, 0.1) is 5.92 Å². The minimum atomic E-state index is 0.0578. The number of likely N-dealkylation sites (N-methyl/N-ethyl adjacent to an activating group) is 1. The first-order chi connectivity index (χ1) is 6.02. The quantitative estimate of drug-likeness (QED) is 0.690. The van der Waals surface area contributed by atoms with Crippen molar-refractivity contribution in [2.24, 2.45) is 5.92 Å². The molecule has 1 N–H and O–H groups in total. The molecule has 76 valence electrons. The molecule has 1 aliphatic rings. The van der Waals surface area contributed by atoms with E-state index in [0.717, 1.165) is 12.8 Å². The van der Waals surface area contributed by atoms with E-state index in [1.807, 2.05) is 14.1 Å². The Morgan fingerprint density at radius 1 is 1.38 bits per heavy atom. The smallest absolute Gasteiger partial charge is 0.239 e. The van der Waals surface area contributed by atoms with Crippen LogP contribution in [0.2, 0.25) is 0 Å². The van der Waals surface area contributed by atoms with Crippen molar-refractivity contribution in [1.29, 1.82) is 0 Å². The maximum absolute atomic E-state index is 11.6. The van der Waals surface area contributed by atoms with Crippen LogP contribution in [0.5, 0.6) is 0 Å². The number of rotatable bonds is 2. The Bertz CT molecular complexity index is 189. The van der Waals surface area contributed by atoms with Crippen LogP contribution in [0.15, 0.2) is 0 Å². The molecular formula is C10H20N2O. The van der Waals surface area contributed by atoms with Crippen molar-refractivity contribution >= 4 is 5.91 Å². The maximum atomic E-state index is 11.6. The fourth-order valence-corrected chi connectivity index (χ4v) is 1.80. The monoisotopic (exact) mass is 184 g/mol. The summed E-state index contributed by atoms with van der Waals surface area (Å²) in [5, 5.41) is 3.38. The van der Waals surface area contributed by atoms with E-state index in [0.29, 0.717) is 12.0 Å². The van der Waals surface area contributed by atoms with Gasteiger partial charge >= 0.3 is 0 Å². The van der Waals surface area contributed by atoms with E-state index < -0.39 is 0 Å². The fourth-order valence-electron chi connectivity index (χ4n) is 1.80. The van der Waals surface area contributed by atoms with E-state index in [4.69, 9.17) is 0 Å². The molecule has 13 heavy (non-hydrogen) atoms. The van der Waals surface area contributed by atoms with Gasteiger partial charge in [-0.05, 0) is 18.8 Å². The van der Waals surface area contributed by atoms with Crippen LogP contribution in [-0.4, -0.2) is 37.0 Å². The molecule has 1 fully saturated rings. The van der Waals surface area contributed by atoms with Gasteiger partial charge in [0.2, 0.25) is 5.91 Å². The summed E-state index contributed by atoms with van der Waals surface area (Å²) in [7, 11) is 3.62. The lowest BCUT2D eigenvalue weighted by atomic mass is 10.0. The number of amides is 1. The molecule has 2 atom stereocenters. The molecule has 3 heteroatoms. The van der Waals surface area contributed by atoms with Gasteiger partial charge in [0.1, 0.15) is 0 Å². The molecule has 0 bridgehead atoms. The van der Waals surface area contributed by atoms with Crippen molar-refractivity contribution in [3.05, 3.63) is 0 Å². The lowest BCUT2D eigenvalue weighted by Gasteiger charge is -2.19. The van der Waals surface area contributed by atoms with Crippen LogP contribution in [0.3, 0.4) is 0 Å². The van der Waals surface area contributed by atoms with Crippen molar-refractivity contribution in [2.45, 2.75) is 38.8 Å². The first-order valence-corrected chi connectivity index (χ1v) is 4.99. The van der Waals surface area contributed by atoms with Crippen LogP contribution in [0.1, 0.15) is 26.7 Å². The molecule has 0 saturated carbocycles. The average Bonchev–Trinajstić information content (AvgIpc) is 2.50. The summed E-state index contributed by atoms with van der Waals surface area (Å²) in [6, 6.07) is 0.580. The SMILES string of the molecule is CC(C)C1CCC(C(=O)N(C)C)N1.